The Labute approximate surface area is 82.1 Å². The molecule has 0 N–H and O–H groups in total. The van der Waals surface area contributed by atoms with Crippen molar-refractivity contribution in [1.82, 2.24) is 0 Å². The van der Waals surface area contributed by atoms with Gasteiger partial charge in [0.2, 0.25) is 0 Å². The first-order valence-corrected chi connectivity index (χ1v) is 3.85. The molecule has 0 aliphatic rings. The van der Waals surface area contributed by atoms with Crippen molar-refractivity contribution in [2.45, 2.75) is 0 Å². The van der Waals surface area contributed by atoms with Crippen LogP contribution >= 0.6 is 0 Å². The summed E-state index contributed by atoms with van der Waals surface area (Å²) in [5.41, 5.74) is 0. The lowest BCUT2D eigenvalue weighted by atomic mass is 10.3. The monoisotopic (exact) mass is 187 g/mol. The van der Waals surface area contributed by atoms with Crippen molar-refractivity contribution in [3.8, 4) is 0 Å². The molecule has 0 radical (unpaired) electrons. The third-order valence-electron chi connectivity index (χ3n) is 1.71. The molecule has 0 aromatic heterocycles. The number of likely N-dealkylation sites (N-methyl/N-ethyl adjacent to an activating group) is 1. The second-order valence-corrected chi connectivity index (χ2v) is 3.03. The summed E-state index contributed by atoms with van der Waals surface area (Å²) in [5.74, 6) is 0. The summed E-state index contributed by atoms with van der Waals surface area (Å²) in [5, 5.41) is 0. The molecule has 0 saturated heterocycles. The van der Waals surface area contributed by atoms with Crippen molar-refractivity contribution < 1.29 is 16.9 Å². The molecule has 0 saturated carbocycles. The summed E-state index contributed by atoms with van der Waals surface area (Å²) in [7, 11) is 2.17. The van der Waals surface area contributed by atoms with Crippen LogP contribution in [0.2, 0.25) is 0 Å². The molecular weight excluding hydrogens is 170 g/mol. The van der Waals surface area contributed by atoms with Crippen molar-refractivity contribution >= 4 is 0 Å². The van der Waals surface area contributed by atoms with Gasteiger partial charge in [0.1, 0.15) is 0 Å². The predicted octanol–water partition coefficient (Wildman–Crippen LogP) is -1.00. The van der Waals surface area contributed by atoms with Gasteiger partial charge >= 0.3 is 0 Å². The van der Waals surface area contributed by atoms with Crippen LogP contribution in [0.4, 0.5) is 0 Å². The van der Waals surface area contributed by atoms with Crippen LogP contribution in [-0.4, -0.2) is 31.2 Å². The Kier molecular flexibility index (Phi) is 8.34. The highest BCUT2D eigenvalue weighted by atomic mass is 35.5. The van der Waals surface area contributed by atoms with Crippen LogP contribution < -0.4 is 12.4 Å². The van der Waals surface area contributed by atoms with E-state index in [9.17, 15) is 0 Å². The Morgan fingerprint density at radius 3 is 1.33 bits per heavy atom. The molecule has 0 rings (SSSR count). The quantitative estimate of drug-likeness (QED) is 0.370. The van der Waals surface area contributed by atoms with Crippen LogP contribution in [0.1, 0.15) is 0 Å². The van der Waals surface area contributed by atoms with E-state index in [1.165, 1.54) is 0 Å². The topological polar surface area (TPSA) is 0 Å². The van der Waals surface area contributed by atoms with Gasteiger partial charge in [0.05, 0.1) is 26.7 Å². The minimum absolute atomic E-state index is 0. The summed E-state index contributed by atoms with van der Waals surface area (Å²) < 4.78 is 0.927. The van der Waals surface area contributed by atoms with E-state index in [-0.39, 0.29) is 12.4 Å². The maximum Gasteiger partial charge on any atom is 0.0973 e. The largest absolute Gasteiger partial charge is 1.00 e. The van der Waals surface area contributed by atoms with E-state index in [2.05, 4.69) is 26.8 Å². The summed E-state index contributed by atoms with van der Waals surface area (Å²) in [6, 6.07) is 0. The maximum atomic E-state index is 3.73. The average molecular weight is 188 g/mol. The molecular formula is C10H18ClN. The number of rotatable bonds is 6. The smallest absolute Gasteiger partial charge is 0.0973 e. The van der Waals surface area contributed by atoms with Crippen molar-refractivity contribution in [3.05, 3.63) is 38.0 Å². The van der Waals surface area contributed by atoms with E-state index >= 15 is 0 Å². The lowest BCUT2D eigenvalue weighted by Crippen LogP contribution is -3.00. The van der Waals surface area contributed by atoms with Gasteiger partial charge in [-0.2, -0.15) is 0 Å². The molecule has 0 aliphatic carbocycles. The first kappa shape index (κ1) is 14.0. The van der Waals surface area contributed by atoms with Crippen LogP contribution in [0.3, 0.4) is 0 Å². The van der Waals surface area contributed by atoms with Gasteiger partial charge in [0.25, 0.3) is 0 Å². The Hall–Kier alpha value is -0.530. The van der Waals surface area contributed by atoms with E-state index in [4.69, 9.17) is 0 Å². The van der Waals surface area contributed by atoms with Gasteiger partial charge in [-0.15, -0.1) is 0 Å². The van der Waals surface area contributed by atoms with E-state index in [0.29, 0.717) is 0 Å². The molecule has 70 valence electrons. The number of quaternary nitrogens is 1. The highest BCUT2D eigenvalue weighted by Gasteiger charge is 2.14. The Bertz CT molecular complexity index is 125. The molecule has 2 heteroatoms. The maximum absolute atomic E-state index is 3.73. The highest BCUT2D eigenvalue weighted by Crippen LogP contribution is 2.01. The average Bonchev–Trinajstić information content (AvgIpc) is 1.88. The van der Waals surface area contributed by atoms with Gasteiger partial charge in [-0.1, -0.05) is 19.7 Å². The van der Waals surface area contributed by atoms with Crippen molar-refractivity contribution in [1.29, 1.82) is 0 Å². The van der Waals surface area contributed by atoms with E-state index in [1.807, 2.05) is 18.2 Å². The van der Waals surface area contributed by atoms with Crippen molar-refractivity contribution in [2.75, 3.05) is 26.7 Å². The van der Waals surface area contributed by atoms with Crippen LogP contribution in [0.25, 0.3) is 0 Å². The molecule has 0 fully saturated rings. The number of halogens is 1. The van der Waals surface area contributed by atoms with Crippen LogP contribution in [0.15, 0.2) is 38.0 Å². The first-order valence-electron chi connectivity index (χ1n) is 3.85. The summed E-state index contributed by atoms with van der Waals surface area (Å²) in [4.78, 5) is 0. The Morgan fingerprint density at radius 1 is 0.917 bits per heavy atom. The van der Waals surface area contributed by atoms with Gasteiger partial charge < -0.3 is 16.9 Å². The summed E-state index contributed by atoms with van der Waals surface area (Å²) in [6.45, 7) is 14.1. The van der Waals surface area contributed by atoms with Crippen LogP contribution in [0, 0.1) is 0 Å². The van der Waals surface area contributed by atoms with Gasteiger partial charge in [-0.3, -0.25) is 0 Å². The Balaban J connectivity index is 0. The number of hydrogen-bond donors (Lipinski definition) is 0. The lowest BCUT2D eigenvalue weighted by molar-refractivity contribution is -0.892. The second kappa shape index (κ2) is 7.14. The predicted molar refractivity (Wildman–Crippen MR) is 51.4 cm³/mol. The fraction of sp³-hybridized carbons (Fsp3) is 0.400. The standard InChI is InChI=1S/C10H18N.ClH/c1-5-8-11(4,9-6-2)10-7-3;/h5-7H,1-3,8-10H2,4H3;1H/q+1;/p-1. The molecule has 0 spiro atoms. The molecule has 0 unspecified atom stereocenters. The lowest BCUT2D eigenvalue weighted by Gasteiger charge is -2.30. The molecule has 0 heterocycles. The highest BCUT2D eigenvalue weighted by molar-refractivity contribution is 4.74. The number of nitrogens with zero attached hydrogens (tertiary/aromatic N) is 1. The molecule has 0 aromatic carbocycles. The van der Waals surface area contributed by atoms with Crippen molar-refractivity contribution in [2.24, 2.45) is 0 Å². The van der Waals surface area contributed by atoms with Crippen LogP contribution in [-0.2, 0) is 0 Å². The fourth-order valence-corrected chi connectivity index (χ4v) is 1.16. The normalized spacial score (nSPS) is 9.75. The second-order valence-electron chi connectivity index (χ2n) is 3.03. The molecule has 0 atom stereocenters. The SMILES string of the molecule is C=CC[N+](C)(CC=C)CC=C.[Cl-]. The molecule has 0 amide bonds. The third-order valence-corrected chi connectivity index (χ3v) is 1.71. The van der Waals surface area contributed by atoms with Crippen molar-refractivity contribution in [3.63, 3.8) is 0 Å². The summed E-state index contributed by atoms with van der Waals surface area (Å²) in [6.07, 6.45) is 5.81. The fourth-order valence-electron chi connectivity index (χ4n) is 1.16. The summed E-state index contributed by atoms with van der Waals surface area (Å²) >= 11 is 0. The zero-order valence-electron chi connectivity index (χ0n) is 7.80. The minimum atomic E-state index is 0. The van der Waals surface area contributed by atoms with Gasteiger partial charge in [0.15, 0.2) is 0 Å². The molecule has 12 heavy (non-hydrogen) atoms. The zero-order valence-corrected chi connectivity index (χ0v) is 8.56. The Morgan fingerprint density at radius 2 is 1.17 bits per heavy atom. The van der Waals surface area contributed by atoms with E-state index in [1.54, 1.807) is 0 Å². The van der Waals surface area contributed by atoms with Gasteiger partial charge in [-0.05, 0) is 18.2 Å². The van der Waals surface area contributed by atoms with Gasteiger partial charge in [-0.25, -0.2) is 0 Å². The van der Waals surface area contributed by atoms with E-state index < -0.39 is 0 Å². The molecule has 0 aromatic rings. The molecule has 0 bridgehead atoms. The first-order chi connectivity index (χ1) is 5.18. The zero-order chi connectivity index (χ0) is 8.74. The van der Waals surface area contributed by atoms with Gasteiger partial charge in [0, 0.05) is 0 Å². The molecule has 0 aliphatic heterocycles. The number of hydrogen-bond acceptors (Lipinski definition) is 0. The third kappa shape index (κ3) is 5.16. The van der Waals surface area contributed by atoms with Crippen LogP contribution in [0.5, 0.6) is 0 Å². The minimum Gasteiger partial charge on any atom is -1.00 e. The molecule has 1 nitrogen and oxygen atoms in total. The van der Waals surface area contributed by atoms with E-state index in [0.717, 1.165) is 24.1 Å².